The number of carbonyl (C=O) groups excluding carboxylic acids is 2. The van der Waals surface area contributed by atoms with E-state index in [1.807, 2.05) is 26.8 Å². The first-order chi connectivity index (χ1) is 16.6. The number of amides is 1. The molecule has 2 aliphatic rings. The zero-order valence-electron chi connectivity index (χ0n) is 21.3. The number of methoxy groups -OCH3 is 1. The topological polar surface area (TPSA) is 95.3 Å². The molecule has 8 heteroatoms. The molecule has 2 aromatic rings. The van der Waals surface area contributed by atoms with Gasteiger partial charge in [-0.2, -0.15) is 0 Å². The fourth-order valence-electron chi connectivity index (χ4n) is 5.15. The highest BCUT2D eigenvalue weighted by Gasteiger charge is 2.32. The maximum Gasteiger partial charge on any atom is 0.339 e. The number of carbonyl (C=O) groups is 2. The van der Waals surface area contributed by atoms with E-state index in [1.54, 1.807) is 18.9 Å². The number of aryl methyl sites for hydroxylation is 2. The third-order valence-corrected chi connectivity index (χ3v) is 7.22. The van der Waals surface area contributed by atoms with Crippen LogP contribution in [0.1, 0.15) is 63.1 Å². The number of piperidine rings is 1. The van der Waals surface area contributed by atoms with Crippen molar-refractivity contribution in [2.45, 2.75) is 71.8 Å². The van der Waals surface area contributed by atoms with Gasteiger partial charge in [0.1, 0.15) is 22.7 Å². The van der Waals surface area contributed by atoms with Gasteiger partial charge in [-0.05, 0) is 65.4 Å². The Kier molecular flexibility index (Phi) is 7.10. The average Bonchev–Trinajstić information content (AvgIpc) is 2.82. The molecule has 0 unspecified atom stereocenters. The van der Waals surface area contributed by atoms with Crippen LogP contribution in [-0.4, -0.2) is 49.2 Å². The van der Waals surface area contributed by atoms with Crippen molar-refractivity contribution < 1.29 is 28.2 Å². The lowest BCUT2D eigenvalue weighted by atomic mass is 9.91. The van der Waals surface area contributed by atoms with Gasteiger partial charge in [-0.3, -0.25) is 9.59 Å². The first kappa shape index (κ1) is 25.1. The molecule has 35 heavy (non-hydrogen) atoms. The van der Waals surface area contributed by atoms with E-state index in [0.717, 1.165) is 29.4 Å². The standard InChI is InChI=1S/C27H35NO7/c1-6-33-25(30)17-10-13-28(14-11-17)22(29)8-7-18-16(2)23-21(32-5)15-20-19(24(23)34-26(18)31)9-12-27(3,4)35-20/h15,17H,6-14H2,1-5H3. The third kappa shape index (κ3) is 5.02. The van der Waals surface area contributed by atoms with Crippen molar-refractivity contribution in [2.24, 2.45) is 5.92 Å². The van der Waals surface area contributed by atoms with Crippen LogP contribution in [0.15, 0.2) is 15.3 Å². The van der Waals surface area contributed by atoms with Crippen LogP contribution in [0.2, 0.25) is 0 Å². The molecule has 2 aliphatic heterocycles. The van der Waals surface area contributed by atoms with Gasteiger partial charge in [0.25, 0.3) is 0 Å². The van der Waals surface area contributed by atoms with Crippen LogP contribution in [0, 0.1) is 12.8 Å². The fourth-order valence-corrected chi connectivity index (χ4v) is 5.15. The molecule has 1 aromatic carbocycles. The summed E-state index contributed by atoms with van der Waals surface area (Å²) in [7, 11) is 1.59. The largest absolute Gasteiger partial charge is 0.496 e. The zero-order chi connectivity index (χ0) is 25.3. The Bertz CT molecular complexity index is 1190. The minimum atomic E-state index is -0.427. The summed E-state index contributed by atoms with van der Waals surface area (Å²) in [5.41, 5.74) is 1.92. The molecule has 1 fully saturated rings. The van der Waals surface area contributed by atoms with Crippen molar-refractivity contribution in [2.75, 3.05) is 26.8 Å². The molecule has 8 nitrogen and oxygen atoms in total. The summed E-state index contributed by atoms with van der Waals surface area (Å²) < 4.78 is 22.7. The van der Waals surface area contributed by atoms with E-state index in [9.17, 15) is 14.4 Å². The molecule has 0 N–H and O–H groups in total. The Hall–Kier alpha value is -3.03. The minimum Gasteiger partial charge on any atom is -0.496 e. The van der Waals surface area contributed by atoms with Crippen molar-refractivity contribution in [1.82, 2.24) is 4.90 Å². The Morgan fingerprint density at radius 1 is 1.23 bits per heavy atom. The van der Waals surface area contributed by atoms with Crippen LogP contribution in [-0.2, 0) is 27.2 Å². The molecule has 190 valence electrons. The van der Waals surface area contributed by atoms with Crippen LogP contribution in [0.5, 0.6) is 11.5 Å². The number of hydrogen-bond donors (Lipinski definition) is 0. The van der Waals surface area contributed by atoms with E-state index >= 15 is 0 Å². The van der Waals surface area contributed by atoms with Crippen LogP contribution in [0.4, 0.5) is 0 Å². The summed E-state index contributed by atoms with van der Waals surface area (Å²) >= 11 is 0. The van der Waals surface area contributed by atoms with Crippen molar-refractivity contribution >= 4 is 22.8 Å². The predicted molar refractivity (Wildman–Crippen MR) is 131 cm³/mol. The quantitative estimate of drug-likeness (QED) is 0.452. The van der Waals surface area contributed by atoms with Crippen molar-refractivity contribution in [1.29, 1.82) is 0 Å². The van der Waals surface area contributed by atoms with E-state index in [-0.39, 0.29) is 36.2 Å². The average molecular weight is 486 g/mol. The molecule has 0 aliphatic carbocycles. The third-order valence-electron chi connectivity index (χ3n) is 7.22. The zero-order valence-corrected chi connectivity index (χ0v) is 21.3. The van der Waals surface area contributed by atoms with E-state index < -0.39 is 5.63 Å². The number of fused-ring (bicyclic) bond motifs is 3. The smallest absolute Gasteiger partial charge is 0.339 e. The van der Waals surface area contributed by atoms with Crippen LogP contribution in [0.3, 0.4) is 0 Å². The molecule has 1 saturated heterocycles. The summed E-state index contributed by atoms with van der Waals surface area (Å²) in [6.45, 7) is 9.15. The second kappa shape index (κ2) is 9.91. The summed E-state index contributed by atoms with van der Waals surface area (Å²) in [4.78, 5) is 39.6. The summed E-state index contributed by atoms with van der Waals surface area (Å²) in [6.07, 6.45) is 3.24. The molecular formula is C27H35NO7. The lowest BCUT2D eigenvalue weighted by molar-refractivity contribution is -0.151. The number of likely N-dealkylation sites (tertiary alicyclic amines) is 1. The van der Waals surface area contributed by atoms with Crippen molar-refractivity contribution in [3.63, 3.8) is 0 Å². The number of ether oxygens (including phenoxy) is 3. The lowest BCUT2D eigenvalue weighted by Crippen LogP contribution is -2.40. The molecule has 4 rings (SSSR count). The van der Waals surface area contributed by atoms with Crippen molar-refractivity contribution in [3.8, 4) is 11.5 Å². The molecule has 0 bridgehead atoms. The van der Waals surface area contributed by atoms with Gasteiger partial charge in [-0.25, -0.2) is 4.79 Å². The lowest BCUT2D eigenvalue weighted by Gasteiger charge is -2.33. The molecule has 0 saturated carbocycles. The SMILES string of the molecule is CCOC(=O)C1CCN(C(=O)CCc2c(C)c3c(OC)cc4c(c3oc2=O)CCC(C)(C)O4)CC1. The molecule has 0 atom stereocenters. The normalized spacial score (nSPS) is 17.6. The van der Waals surface area contributed by atoms with Gasteiger partial charge in [0.05, 0.1) is 25.0 Å². The highest BCUT2D eigenvalue weighted by Crippen LogP contribution is 2.43. The first-order valence-electron chi connectivity index (χ1n) is 12.4. The minimum absolute atomic E-state index is 0.0285. The second-order valence-electron chi connectivity index (χ2n) is 10.0. The monoisotopic (exact) mass is 485 g/mol. The van der Waals surface area contributed by atoms with Gasteiger partial charge < -0.3 is 23.5 Å². The number of hydrogen-bond acceptors (Lipinski definition) is 7. The van der Waals surface area contributed by atoms with Gasteiger partial charge in [0.15, 0.2) is 0 Å². The van der Waals surface area contributed by atoms with Gasteiger partial charge in [-0.1, -0.05) is 0 Å². The fraction of sp³-hybridized carbons (Fsp3) is 0.593. The van der Waals surface area contributed by atoms with Crippen molar-refractivity contribution in [3.05, 3.63) is 33.2 Å². The molecule has 3 heterocycles. The summed E-state index contributed by atoms with van der Waals surface area (Å²) in [5.74, 6) is 0.906. The van der Waals surface area contributed by atoms with E-state index in [1.165, 1.54) is 0 Å². The summed E-state index contributed by atoms with van der Waals surface area (Å²) in [6, 6.07) is 1.87. The van der Waals surface area contributed by atoms with Gasteiger partial charge in [0.2, 0.25) is 5.91 Å². The van der Waals surface area contributed by atoms with Crippen LogP contribution >= 0.6 is 0 Å². The number of rotatable bonds is 6. The first-order valence-corrected chi connectivity index (χ1v) is 12.4. The van der Waals surface area contributed by atoms with E-state index in [0.29, 0.717) is 55.2 Å². The highest BCUT2D eigenvalue weighted by atomic mass is 16.5. The Morgan fingerprint density at radius 3 is 2.60 bits per heavy atom. The maximum absolute atomic E-state index is 13.0. The molecule has 1 aromatic heterocycles. The Labute approximate surface area is 205 Å². The van der Waals surface area contributed by atoms with Gasteiger partial charge in [0, 0.05) is 36.7 Å². The van der Waals surface area contributed by atoms with Gasteiger partial charge >= 0.3 is 11.6 Å². The second-order valence-corrected chi connectivity index (χ2v) is 10.0. The number of benzene rings is 1. The number of nitrogens with zero attached hydrogens (tertiary/aromatic N) is 1. The highest BCUT2D eigenvalue weighted by molar-refractivity contribution is 5.92. The van der Waals surface area contributed by atoms with E-state index in [2.05, 4.69) is 0 Å². The molecule has 1 amide bonds. The maximum atomic E-state index is 13.0. The van der Waals surface area contributed by atoms with Crippen LogP contribution < -0.4 is 15.1 Å². The van der Waals surface area contributed by atoms with Gasteiger partial charge in [-0.15, -0.1) is 0 Å². The Balaban J connectivity index is 1.53. The Morgan fingerprint density at radius 2 is 1.94 bits per heavy atom. The van der Waals surface area contributed by atoms with E-state index in [4.69, 9.17) is 18.6 Å². The molecular weight excluding hydrogens is 450 g/mol. The van der Waals surface area contributed by atoms with Crippen LogP contribution in [0.25, 0.3) is 11.0 Å². The number of esters is 1. The molecule has 0 spiro atoms. The molecule has 0 radical (unpaired) electrons. The predicted octanol–water partition coefficient (Wildman–Crippen LogP) is 3.95. The summed E-state index contributed by atoms with van der Waals surface area (Å²) in [5, 5.41) is 0.756.